The molecule has 2 fully saturated rings. The number of fused-ring (bicyclic) bond motifs is 2. The summed E-state index contributed by atoms with van der Waals surface area (Å²) in [6, 6.07) is 9.03. The van der Waals surface area contributed by atoms with Gasteiger partial charge in [0.05, 0.1) is 12.2 Å². The maximum absolute atomic E-state index is 6.43. The molecule has 2 nitrogen and oxygen atoms in total. The Morgan fingerprint density at radius 3 is 2.61 bits per heavy atom. The molecule has 0 amide bonds. The van der Waals surface area contributed by atoms with Gasteiger partial charge < -0.3 is 10.5 Å². The molecule has 0 aromatic heterocycles. The lowest BCUT2D eigenvalue weighted by atomic mass is 9.81. The van der Waals surface area contributed by atoms with Crippen molar-refractivity contribution in [1.82, 2.24) is 0 Å². The topological polar surface area (TPSA) is 35.2 Å². The van der Waals surface area contributed by atoms with Crippen molar-refractivity contribution >= 4 is 0 Å². The van der Waals surface area contributed by atoms with Crippen LogP contribution in [-0.2, 0) is 11.2 Å². The van der Waals surface area contributed by atoms with Crippen molar-refractivity contribution in [2.75, 3.05) is 0 Å². The van der Waals surface area contributed by atoms with E-state index >= 15 is 0 Å². The Bertz CT molecular complexity index is 400. The van der Waals surface area contributed by atoms with Crippen LogP contribution in [0, 0.1) is 5.92 Å². The van der Waals surface area contributed by atoms with Gasteiger partial charge in [-0.3, -0.25) is 0 Å². The number of benzene rings is 1. The summed E-state index contributed by atoms with van der Waals surface area (Å²) in [5, 5.41) is 0. The third-order valence-corrected chi connectivity index (χ3v) is 4.52. The number of aryl methyl sites for hydroxylation is 1. The predicted molar refractivity (Wildman–Crippen MR) is 73.4 cm³/mol. The van der Waals surface area contributed by atoms with E-state index < -0.39 is 0 Å². The molecule has 2 heterocycles. The molecule has 1 aromatic rings. The predicted octanol–water partition coefficient (Wildman–Crippen LogP) is 3.21. The summed E-state index contributed by atoms with van der Waals surface area (Å²) in [6.07, 6.45) is 6.87. The van der Waals surface area contributed by atoms with Gasteiger partial charge in [0.25, 0.3) is 0 Å². The molecule has 2 aliphatic rings. The third-order valence-electron chi connectivity index (χ3n) is 4.52. The van der Waals surface area contributed by atoms with E-state index in [-0.39, 0.29) is 6.04 Å². The van der Waals surface area contributed by atoms with Crippen molar-refractivity contribution < 1.29 is 4.74 Å². The lowest BCUT2D eigenvalue weighted by molar-refractivity contribution is 0.0885. The molecule has 98 valence electrons. The van der Waals surface area contributed by atoms with Crippen LogP contribution in [0.5, 0.6) is 0 Å². The Hall–Kier alpha value is -0.860. The van der Waals surface area contributed by atoms with Crippen LogP contribution in [-0.4, -0.2) is 12.2 Å². The van der Waals surface area contributed by atoms with Crippen LogP contribution in [0.3, 0.4) is 0 Å². The molecule has 2 heteroatoms. The molecule has 4 atom stereocenters. The van der Waals surface area contributed by atoms with Crippen LogP contribution in [0.25, 0.3) is 0 Å². The molecular formula is C16H23NO. The molecule has 4 unspecified atom stereocenters. The summed E-state index contributed by atoms with van der Waals surface area (Å²) in [4.78, 5) is 0. The first-order valence-corrected chi connectivity index (χ1v) is 7.28. The molecule has 0 radical (unpaired) electrons. The number of nitrogens with two attached hydrogens (primary N) is 1. The summed E-state index contributed by atoms with van der Waals surface area (Å²) in [6.45, 7) is 2.21. The van der Waals surface area contributed by atoms with E-state index in [2.05, 4.69) is 31.2 Å². The van der Waals surface area contributed by atoms with Gasteiger partial charge in [0, 0.05) is 12.0 Å². The molecular weight excluding hydrogens is 222 g/mol. The second-order valence-corrected chi connectivity index (χ2v) is 5.79. The maximum atomic E-state index is 6.43. The summed E-state index contributed by atoms with van der Waals surface area (Å²) < 4.78 is 5.91. The second kappa shape index (κ2) is 5.02. The van der Waals surface area contributed by atoms with Gasteiger partial charge in [-0.2, -0.15) is 0 Å². The van der Waals surface area contributed by atoms with Gasteiger partial charge in [0.15, 0.2) is 0 Å². The van der Waals surface area contributed by atoms with E-state index in [1.807, 2.05) is 0 Å². The minimum absolute atomic E-state index is 0.149. The monoisotopic (exact) mass is 245 g/mol. The van der Waals surface area contributed by atoms with Crippen molar-refractivity contribution in [3.05, 3.63) is 35.4 Å². The highest BCUT2D eigenvalue weighted by atomic mass is 16.5. The van der Waals surface area contributed by atoms with E-state index in [1.165, 1.54) is 30.4 Å². The van der Waals surface area contributed by atoms with Gasteiger partial charge in [0.1, 0.15) is 0 Å². The van der Waals surface area contributed by atoms with Crippen molar-refractivity contribution in [1.29, 1.82) is 0 Å². The fourth-order valence-corrected chi connectivity index (χ4v) is 3.50. The Labute approximate surface area is 110 Å². The molecule has 2 N–H and O–H groups in total. The summed E-state index contributed by atoms with van der Waals surface area (Å²) in [5.74, 6) is 0.528. The largest absolute Gasteiger partial charge is 0.375 e. The van der Waals surface area contributed by atoms with Gasteiger partial charge in [-0.25, -0.2) is 0 Å². The lowest BCUT2D eigenvalue weighted by Gasteiger charge is -2.25. The minimum atomic E-state index is 0.149. The summed E-state index contributed by atoms with van der Waals surface area (Å²) in [7, 11) is 0. The average Bonchev–Trinajstić information content (AvgIpc) is 3.01. The van der Waals surface area contributed by atoms with E-state index in [1.54, 1.807) is 0 Å². The SMILES string of the molecule is CCCc1ccc(C(N)C2CC3CCC2O3)cc1. The zero-order valence-corrected chi connectivity index (χ0v) is 11.1. The quantitative estimate of drug-likeness (QED) is 0.884. The first-order chi connectivity index (χ1) is 8.78. The molecule has 3 rings (SSSR count). The van der Waals surface area contributed by atoms with Crippen LogP contribution >= 0.6 is 0 Å². The van der Waals surface area contributed by atoms with E-state index in [4.69, 9.17) is 10.5 Å². The fraction of sp³-hybridized carbons (Fsp3) is 0.625. The van der Waals surface area contributed by atoms with Gasteiger partial charge in [-0.05, 0) is 36.8 Å². The number of rotatable bonds is 4. The molecule has 2 saturated heterocycles. The number of hydrogen-bond donors (Lipinski definition) is 1. The molecule has 0 aliphatic carbocycles. The molecule has 2 bridgehead atoms. The first kappa shape index (κ1) is 12.2. The third kappa shape index (κ3) is 2.19. The van der Waals surface area contributed by atoms with Crippen molar-refractivity contribution in [3.63, 3.8) is 0 Å². The Kier molecular flexibility index (Phi) is 3.40. The van der Waals surface area contributed by atoms with Gasteiger partial charge in [-0.1, -0.05) is 37.6 Å². The zero-order chi connectivity index (χ0) is 12.5. The van der Waals surface area contributed by atoms with Crippen LogP contribution in [0.15, 0.2) is 24.3 Å². The van der Waals surface area contributed by atoms with Crippen molar-refractivity contribution in [2.45, 2.75) is 57.3 Å². The van der Waals surface area contributed by atoms with Crippen LogP contribution in [0.1, 0.15) is 49.8 Å². The maximum Gasteiger partial charge on any atom is 0.0627 e. The lowest BCUT2D eigenvalue weighted by Crippen LogP contribution is -2.29. The van der Waals surface area contributed by atoms with Gasteiger partial charge in [-0.15, -0.1) is 0 Å². The van der Waals surface area contributed by atoms with Crippen LogP contribution in [0.2, 0.25) is 0 Å². The molecule has 1 aromatic carbocycles. The molecule has 0 spiro atoms. The van der Waals surface area contributed by atoms with E-state index in [0.29, 0.717) is 18.1 Å². The minimum Gasteiger partial charge on any atom is -0.375 e. The number of ether oxygens (including phenoxy) is 1. The fourth-order valence-electron chi connectivity index (χ4n) is 3.50. The zero-order valence-electron chi connectivity index (χ0n) is 11.1. The molecule has 0 saturated carbocycles. The van der Waals surface area contributed by atoms with Crippen LogP contribution in [0.4, 0.5) is 0 Å². The normalized spacial score (nSPS) is 31.8. The van der Waals surface area contributed by atoms with Gasteiger partial charge >= 0.3 is 0 Å². The average molecular weight is 245 g/mol. The molecule has 2 aliphatic heterocycles. The highest BCUT2D eigenvalue weighted by molar-refractivity contribution is 5.26. The van der Waals surface area contributed by atoms with E-state index in [9.17, 15) is 0 Å². The van der Waals surface area contributed by atoms with Crippen molar-refractivity contribution in [2.24, 2.45) is 11.7 Å². The highest BCUT2D eigenvalue weighted by Crippen LogP contribution is 2.43. The van der Waals surface area contributed by atoms with E-state index in [0.717, 1.165) is 12.8 Å². The second-order valence-electron chi connectivity index (χ2n) is 5.79. The highest BCUT2D eigenvalue weighted by Gasteiger charge is 2.43. The van der Waals surface area contributed by atoms with Crippen LogP contribution < -0.4 is 5.73 Å². The first-order valence-electron chi connectivity index (χ1n) is 7.28. The Balaban J connectivity index is 1.70. The molecule has 18 heavy (non-hydrogen) atoms. The van der Waals surface area contributed by atoms with Gasteiger partial charge in [0.2, 0.25) is 0 Å². The van der Waals surface area contributed by atoms with Crippen molar-refractivity contribution in [3.8, 4) is 0 Å². The number of hydrogen-bond acceptors (Lipinski definition) is 2. The standard InChI is InChI=1S/C16H23NO/c1-2-3-11-4-6-12(7-5-11)16(17)14-10-13-8-9-15(14)18-13/h4-7,13-16H,2-3,8-10,17H2,1H3. The Morgan fingerprint density at radius 2 is 2.06 bits per heavy atom. The summed E-state index contributed by atoms with van der Waals surface area (Å²) in [5.41, 5.74) is 9.12. The summed E-state index contributed by atoms with van der Waals surface area (Å²) >= 11 is 0. The smallest absolute Gasteiger partial charge is 0.0627 e. The Morgan fingerprint density at radius 1 is 1.28 bits per heavy atom.